The van der Waals surface area contributed by atoms with Crippen LogP contribution in [0.4, 0.5) is 4.79 Å². The maximum absolute atomic E-state index is 13.0. The van der Waals surface area contributed by atoms with E-state index in [0.717, 1.165) is 25.3 Å². The fourth-order valence-electron chi connectivity index (χ4n) is 5.63. The molecule has 2 aromatic rings. The molecule has 0 bridgehead atoms. The van der Waals surface area contributed by atoms with Gasteiger partial charge in [-0.25, -0.2) is 4.79 Å². The van der Waals surface area contributed by atoms with Gasteiger partial charge in [0.1, 0.15) is 5.60 Å². The van der Waals surface area contributed by atoms with Crippen molar-refractivity contribution in [3.63, 3.8) is 0 Å². The van der Waals surface area contributed by atoms with Crippen molar-refractivity contribution in [3.05, 3.63) is 60.7 Å². The minimum Gasteiger partial charge on any atom is -0.444 e. The highest BCUT2D eigenvalue weighted by molar-refractivity contribution is 6.99. The molecule has 0 spiro atoms. The van der Waals surface area contributed by atoms with Gasteiger partial charge in [-0.05, 0) is 67.3 Å². The van der Waals surface area contributed by atoms with Crippen LogP contribution in [0.25, 0.3) is 0 Å². The average molecular weight is 480 g/mol. The second-order valence-corrected chi connectivity index (χ2v) is 16.4. The Kier molecular flexibility index (Phi) is 6.98. The Morgan fingerprint density at radius 3 is 1.94 bits per heavy atom. The van der Waals surface area contributed by atoms with Gasteiger partial charge in [-0.3, -0.25) is 0 Å². The van der Waals surface area contributed by atoms with Crippen LogP contribution >= 0.6 is 0 Å². The summed E-state index contributed by atoms with van der Waals surface area (Å²) in [6.07, 6.45) is 2.97. The van der Waals surface area contributed by atoms with E-state index in [1.165, 1.54) is 16.8 Å². The van der Waals surface area contributed by atoms with Gasteiger partial charge in [0, 0.05) is 19.2 Å². The van der Waals surface area contributed by atoms with E-state index in [1.807, 2.05) is 25.7 Å². The quantitative estimate of drug-likeness (QED) is 0.506. The van der Waals surface area contributed by atoms with Crippen LogP contribution < -0.4 is 10.4 Å². The number of fused-ring (bicyclic) bond motifs is 1. The van der Waals surface area contributed by atoms with Crippen LogP contribution in [0, 0.1) is 11.8 Å². The SMILES string of the molecule is CC(C)(C)OC(=O)N1C[C@@H]2C[C@@H]2C[C@H]1CCO[Si](c1ccccc1)(c1ccccc1)C(C)(C)C. The van der Waals surface area contributed by atoms with Crippen molar-refractivity contribution in [1.82, 2.24) is 4.90 Å². The minimum absolute atomic E-state index is 0.0469. The van der Waals surface area contributed by atoms with Crippen LogP contribution in [0.5, 0.6) is 0 Å². The molecule has 2 aromatic carbocycles. The molecule has 4 nitrogen and oxygen atoms in total. The standard InChI is InChI=1S/C29H41NO3Si/c1-28(2,3)33-27(31)30-21-23-19-22(23)20-24(30)17-18-32-34(29(4,5)6,25-13-9-7-10-14-25)26-15-11-8-12-16-26/h7-16,22-24H,17-21H2,1-6H3/t22-,23+,24-/m1/s1. The molecular formula is C29H41NO3Si. The number of likely N-dealkylation sites (tertiary alicyclic amines) is 1. The van der Waals surface area contributed by atoms with Gasteiger partial charge in [-0.1, -0.05) is 81.4 Å². The summed E-state index contributed by atoms with van der Waals surface area (Å²) in [4.78, 5) is 15.0. The van der Waals surface area contributed by atoms with Gasteiger partial charge >= 0.3 is 6.09 Å². The predicted octanol–water partition coefficient (Wildman–Crippen LogP) is 5.60. The Bertz CT molecular complexity index is 925. The number of amides is 1. The number of hydrogen-bond donors (Lipinski definition) is 0. The van der Waals surface area contributed by atoms with Gasteiger partial charge in [0.05, 0.1) is 0 Å². The second-order valence-electron chi connectivity index (χ2n) is 12.1. The monoisotopic (exact) mass is 479 g/mol. The van der Waals surface area contributed by atoms with Crippen LogP contribution in [0.1, 0.15) is 60.8 Å². The predicted molar refractivity (Wildman–Crippen MR) is 141 cm³/mol. The average Bonchev–Trinajstić information content (AvgIpc) is 3.54. The third kappa shape index (κ3) is 5.26. The third-order valence-electron chi connectivity index (χ3n) is 7.33. The first-order valence-corrected chi connectivity index (χ1v) is 14.7. The van der Waals surface area contributed by atoms with Crippen LogP contribution in [0.15, 0.2) is 60.7 Å². The molecule has 2 aliphatic rings. The topological polar surface area (TPSA) is 38.8 Å². The fourth-order valence-corrected chi connectivity index (χ4v) is 10.2. The van der Waals surface area contributed by atoms with E-state index in [-0.39, 0.29) is 17.2 Å². The first-order valence-electron chi connectivity index (χ1n) is 12.8. The van der Waals surface area contributed by atoms with Gasteiger partial charge in [0.15, 0.2) is 0 Å². The molecule has 5 heteroatoms. The smallest absolute Gasteiger partial charge is 0.410 e. The first kappa shape index (κ1) is 25.0. The van der Waals surface area contributed by atoms with Crippen molar-refractivity contribution in [2.75, 3.05) is 13.2 Å². The van der Waals surface area contributed by atoms with E-state index in [2.05, 4.69) is 81.4 Å². The van der Waals surface area contributed by atoms with Crippen LogP contribution in [0.3, 0.4) is 0 Å². The second kappa shape index (κ2) is 9.50. The van der Waals surface area contributed by atoms with Gasteiger partial charge in [-0.15, -0.1) is 0 Å². The molecule has 1 aliphatic carbocycles. The molecule has 2 fully saturated rings. The van der Waals surface area contributed by atoms with Crippen LogP contribution in [-0.4, -0.2) is 44.1 Å². The molecule has 1 amide bonds. The number of benzene rings is 2. The molecule has 1 saturated carbocycles. The Balaban J connectivity index is 1.57. The van der Waals surface area contributed by atoms with Gasteiger partial charge < -0.3 is 14.1 Å². The zero-order valence-corrected chi connectivity index (χ0v) is 22.7. The van der Waals surface area contributed by atoms with E-state index in [4.69, 9.17) is 9.16 Å². The van der Waals surface area contributed by atoms with Crippen molar-refractivity contribution < 1.29 is 14.0 Å². The van der Waals surface area contributed by atoms with E-state index in [9.17, 15) is 4.79 Å². The maximum atomic E-state index is 13.0. The zero-order chi connectivity index (χ0) is 24.6. The molecule has 0 aromatic heterocycles. The van der Waals surface area contributed by atoms with Crippen molar-refractivity contribution >= 4 is 24.8 Å². The lowest BCUT2D eigenvalue weighted by Crippen LogP contribution is -2.66. The molecule has 184 valence electrons. The molecule has 3 atom stereocenters. The summed E-state index contributed by atoms with van der Waals surface area (Å²) < 4.78 is 12.9. The molecule has 1 saturated heterocycles. The highest BCUT2D eigenvalue weighted by Gasteiger charge is 2.51. The zero-order valence-electron chi connectivity index (χ0n) is 21.7. The molecular weight excluding hydrogens is 438 g/mol. The Hall–Kier alpha value is -2.11. The summed E-state index contributed by atoms with van der Waals surface area (Å²) in [6.45, 7) is 14.2. The van der Waals surface area contributed by atoms with Crippen molar-refractivity contribution in [1.29, 1.82) is 0 Å². The summed E-state index contributed by atoms with van der Waals surface area (Å²) in [5, 5.41) is 2.54. The van der Waals surface area contributed by atoms with Crippen molar-refractivity contribution in [2.45, 2.75) is 77.5 Å². The lowest BCUT2D eigenvalue weighted by atomic mass is 10.00. The number of rotatable bonds is 6. The first-order chi connectivity index (χ1) is 16.0. The number of carbonyl (C=O) groups excluding carboxylic acids is 1. The summed E-state index contributed by atoms with van der Waals surface area (Å²) in [7, 11) is -2.56. The summed E-state index contributed by atoms with van der Waals surface area (Å²) in [5.74, 6) is 1.41. The lowest BCUT2D eigenvalue weighted by Gasteiger charge is -2.44. The van der Waals surface area contributed by atoms with Gasteiger partial charge in [0.2, 0.25) is 0 Å². The highest BCUT2D eigenvalue weighted by atomic mass is 28.4. The number of nitrogens with zero attached hydrogens (tertiary/aromatic N) is 1. The largest absolute Gasteiger partial charge is 0.444 e. The lowest BCUT2D eigenvalue weighted by molar-refractivity contribution is 0.00604. The molecule has 0 radical (unpaired) electrons. The molecule has 1 heterocycles. The third-order valence-corrected chi connectivity index (χ3v) is 12.4. The van der Waals surface area contributed by atoms with Crippen molar-refractivity contribution in [3.8, 4) is 0 Å². The molecule has 34 heavy (non-hydrogen) atoms. The van der Waals surface area contributed by atoms with Crippen LogP contribution in [-0.2, 0) is 9.16 Å². The summed E-state index contributed by atoms with van der Waals surface area (Å²) in [5.41, 5.74) is -0.479. The normalized spacial score (nSPS) is 22.8. The van der Waals surface area contributed by atoms with Crippen LogP contribution in [0.2, 0.25) is 5.04 Å². The Labute approximate surface area is 206 Å². The molecule has 4 rings (SSSR count). The van der Waals surface area contributed by atoms with Gasteiger partial charge in [-0.2, -0.15) is 0 Å². The maximum Gasteiger partial charge on any atom is 0.410 e. The molecule has 1 aliphatic heterocycles. The van der Waals surface area contributed by atoms with Crippen molar-refractivity contribution in [2.24, 2.45) is 11.8 Å². The fraction of sp³-hybridized carbons (Fsp3) is 0.552. The van der Waals surface area contributed by atoms with E-state index >= 15 is 0 Å². The van der Waals surface area contributed by atoms with E-state index < -0.39 is 13.9 Å². The highest BCUT2D eigenvalue weighted by Crippen LogP contribution is 2.48. The number of piperidine rings is 1. The number of carbonyl (C=O) groups is 1. The van der Waals surface area contributed by atoms with E-state index in [1.54, 1.807) is 0 Å². The number of hydrogen-bond acceptors (Lipinski definition) is 3. The summed E-state index contributed by atoms with van der Waals surface area (Å²) in [6, 6.07) is 21.7. The Morgan fingerprint density at radius 2 is 1.44 bits per heavy atom. The summed E-state index contributed by atoms with van der Waals surface area (Å²) >= 11 is 0. The minimum atomic E-state index is -2.56. The van der Waals surface area contributed by atoms with E-state index in [0.29, 0.717) is 12.5 Å². The number of ether oxygens (including phenoxy) is 1. The molecule has 0 unspecified atom stereocenters. The Morgan fingerprint density at radius 1 is 0.882 bits per heavy atom. The van der Waals surface area contributed by atoms with Gasteiger partial charge in [0.25, 0.3) is 8.32 Å². The molecule has 0 N–H and O–H groups in total.